The van der Waals surface area contributed by atoms with E-state index < -0.39 is 9.85 Å². The summed E-state index contributed by atoms with van der Waals surface area (Å²) in [5.41, 5.74) is 0.832. The number of benzene rings is 2. The van der Waals surface area contributed by atoms with Gasteiger partial charge in [0, 0.05) is 18.2 Å². The van der Waals surface area contributed by atoms with Gasteiger partial charge in [-0.2, -0.15) is 5.26 Å². The van der Waals surface area contributed by atoms with Crippen molar-refractivity contribution < 1.29 is 19.0 Å². The topological polar surface area (TPSA) is 132 Å². The van der Waals surface area contributed by atoms with Crippen LogP contribution in [0, 0.1) is 31.6 Å². The number of nitro benzene ring substituents is 2. The van der Waals surface area contributed by atoms with E-state index in [0.29, 0.717) is 22.6 Å². The van der Waals surface area contributed by atoms with Crippen molar-refractivity contribution >= 4 is 23.0 Å². The van der Waals surface area contributed by atoms with E-state index in [1.165, 1.54) is 49.6 Å². The number of nitriles is 1. The third-order valence-corrected chi connectivity index (χ3v) is 4.06. The fourth-order valence-corrected chi connectivity index (χ4v) is 2.68. The van der Waals surface area contributed by atoms with Gasteiger partial charge >= 0.3 is 0 Å². The average molecular weight is 391 g/mol. The van der Waals surface area contributed by atoms with Crippen molar-refractivity contribution in [1.82, 2.24) is 0 Å². The van der Waals surface area contributed by atoms with Crippen molar-refractivity contribution in [2.24, 2.45) is 0 Å². The average Bonchev–Trinajstić information content (AvgIpc) is 3.19. The minimum absolute atomic E-state index is 0.116. The van der Waals surface area contributed by atoms with Crippen LogP contribution in [-0.2, 0) is 0 Å². The minimum Gasteiger partial charge on any atom is -0.496 e. The molecule has 29 heavy (non-hydrogen) atoms. The zero-order valence-corrected chi connectivity index (χ0v) is 15.1. The zero-order chi connectivity index (χ0) is 21.0. The van der Waals surface area contributed by atoms with Gasteiger partial charge in [0.05, 0.1) is 40.2 Å². The Morgan fingerprint density at radius 2 is 1.79 bits per heavy atom. The van der Waals surface area contributed by atoms with Crippen LogP contribution >= 0.6 is 0 Å². The number of methoxy groups -OCH3 is 1. The molecule has 0 saturated heterocycles. The Balaban J connectivity index is 1.97. The second kappa shape index (κ2) is 8.06. The highest BCUT2D eigenvalue weighted by Gasteiger charge is 2.16. The van der Waals surface area contributed by atoms with Gasteiger partial charge in [0.2, 0.25) is 0 Å². The second-order valence-corrected chi connectivity index (χ2v) is 5.82. The van der Waals surface area contributed by atoms with Gasteiger partial charge < -0.3 is 9.15 Å². The summed E-state index contributed by atoms with van der Waals surface area (Å²) in [6.45, 7) is 0. The molecule has 0 unspecified atom stereocenters. The number of nitrogens with zero attached hydrogens (tertiary/aromatic N) is 3. The predicted molar refractivity (Wildman–Crippen MR) is 104 cm³/mol. The van der Waals surface area contributed by atoms with Gasteiger partial charge in [0.25, 0.3) is 11.4 Å². The summed E-state index contributed by atoms with van der Waals surface area (Å²) >= 11 is 0. The van der Waals surface area contributed by atoms with Crippen LogP contribution in [0.4, 0.5) is 11.4 Å². The number of nitro groups is 2. The van der Waals surface area contributed by atoms with Crippen LogP contribution in [0.3, 0.4) is 0 Å². The number of furan rings is 1. The summed E-state index contributed by atoms with van der Waals surface area (Å²) in [6, 6.07) is 15.1. The van der Waals surface area contributed by atoms with Crippen LogP contribution < -0.4 is 4.74 Å². The lowest BCUT2D eigenvalue weighted by Gasteiger charge is -2.05. The van der Waals surface area contributed by atoms with Gasteiger partial charge in [0.1, 0.15) is 17.3 Å². The van der Waals surface area contributed by atoms with E-state index >= 15 is 0 Å². The summed E-state index contributed by atoms with van der Waals surface area (Å²) in [5, 5.41) is 31.3. The van der Waals surface area contributed by atoms with E-state index in [1.807, 2.05) is 6.07 Å². The first-order valence-corrected chi connectivity index (χ1v) is 8.22. The van der Waals surface area contributed by atoms with Gasteiger partial charge in [-0.1, -0.05) is 12.1 Å². The van der Waals surface area contributed by atoms with Gasteiger partial charge in [-0.25, -0.2) is 0 Å². The van der Waals surface area contributed by atoms with Crippen molar-refractivity contribution in [3.8, 4) is 23.1 Å². The molecule has 0 spiro atoms. The summed E-state index contributed by atoms with van der Waals surface area (Å²) in [6.07, 6.45) is 1.46. The maximum Gasteiger partial charge on any atom is 0.273 e. The number of hydrogen-bond acceptors (Lipinski definition) is 7. The van der Waals surface area contributed by atoms with Crippen molar-refractivity contribution in [3.63, 3.8) is 0 Å². The van der Waals surface area contributed by atoms with Crippen LogP contribution in [0.5, 0.6) is 5.75 Å². The molecule has 0 aliphatic heterocycles. The SMILES string of the molecule is COc1cc([N+](=O)[O-])ccc1-c1ccc(/C=C(/C#N)c2cccc([N+](=O)[O-])c2)o1. The van der Waals surface area contributed by atoms with Crippen molar-refractivity contribution in [2.75, 3.05) is 7.11 Å². The molecular weight excluding hydrogens is 378 g/mol. The Bertz CT molecular complexity index is 1170. The number of ether oxygens (including phenoxy) is 1. The van der Waals surface area contributed by atoms with Crippen molar-refractivity contribution in [3.05, 3.63) is 86.1 Å². The summed E-state index contributed by atoms with van der Waals surface area (Å²) in [7, 11) is 1.39. The Labute approximate surface area is 164 Å². The number of non-ortho nitro benzene ring substituents is 2. The molecule has 144 valence electrons. The molecule has 0 saturated carbocycles. The van der Waals surface area contributed by atoms with Crippen LogP contribution in [0.25, 0.3) is 23.0 Å². The van der Waals surface area contributed by atoms with E-state index in [0.717, 1.165) is 0 Å². The van der Waals surface area contributed by atoms with Crippen molar-refractivity contribution in [2.45, 2.75) is 0 Å². The molecule has 1 aromatic heterocycles. The highest BCUT2D eigenvalue weighted by molar-refractivity contribution is 5.89. The number of allylic oxidation sites excluding steroid dienone is 1. The molecular formula is C20H13N3O6. The standard InChI is InChI=1S/C20H13N3O6/c1-28-20-11-16(23(26)27)5-7-18(20)19-8-6-17(29-19)10-14(12-21)13-3-2-4-15(9-13)22(24)25/h2-11H,1H3/b14-10-. The molecule has 3 rings (SSSR count). The highest BCUT2D eigenvalue weighted by Crippen LogP contribution is 2.35. The molecule has 9 nitrogen and oxygen atoms in total. The summed E-state index contributed by atoms with van der Waals surface area (Å²) in [5.74, 6) is 0.992. The molecule has 3 aromatic rings. The first kappa shape index (κ1) is 19.3. The summed E-state index contributed by atoms with van der Waals surface area (Å²) in [4.78, 5) is 20.8. The molecule has 0 bridgehead atoms. The first-order valence-electron chi connectivity index (χ1n) is 8.22. The normalized spacial score (nSPS) is 11.0. The molecule has 1 heterocycles. The van der Waals surface area contributed by atoms with E-state index in [2.05, 4.69) is 0 Å². The lowest BCUT2D eigenvalue weighted by molar-refractivity contribution is -0.385. The Morgan fingerprint density at radius 3 is 2.45 bits per heavy atom. The van der Waals surface area contributed by atoms with Crippen LogP contribution in [-0.4, -0.2) is 17.0 Å². The van der Waals surface area contributed by atoms with Gasteiger partial charge in [-0.05, 0) is 29.8 Å². The van der Waals surface area contributed by atoms with Crippen LogP contribution in [0.2, 0.25) is 0 Å². The highest BCUT2D eigenvalue weighted by atomic mass is 16.6. The molecule has 0 atom stereocenters. The van der Waals surface area contributed by atoms with E-state index in [1.54, 1.807) is 18.2 Å². The number of hydrogen-bond donors (Lipinski definition) is 0. The Hall–Kier alpha value is -4.45. The van der Waals surface area contributed by atoms with Crippen LogP contribution in [0.15, 0.2) is 59.0 Å². The van der Waals surface area contributed by atoms with Gasteiger partial charge in [-0.3, -0.25) is 20.2 Å². The lowest BCUT2D eigenvalue weighted by Crippen LogP contribution is -1.92. The van der Waals surface area contributed by atoms with Gasteiger partial charge in [-0.15, -0.1) is 0 Å². The lowest BCUT2D eigenvalue weighted by atomic mass is 10.1. The van der Waals surface area contributed by atoms with E-state index in [9.17, 15) is 25.5 Å². The fourth-order valence-electron chi connectivity index (χ4n) is 2.68. The molecule has 0 aliphatic rings. The van der Waals surface area contributed by atoms with Crippen LogP contribution in [0.1, 0.15) is 11.3 Å². The molecule has 0 radical (unpaired) electrons. The molecule has 0 fully saturated rings. The molecule has 2 aromatic carbocycles. The zero-order valence-electron chi connectivity index (χ0n) is 15.1. The fraction of sp³-hybridized carbons (Fsp3) is 0.0500. The van der Waals surface area contributed by atoms with Crippen molar-refractivity contribution in [1.29, 1.82) is 5.26 Å². The van der Waals surface area contributed by atoms with E-state index in [4.69, 9.17) is 9.15 Å². The minimum atomic E-state index is -0.537. The quantitative estimate of drug-likeness (QED) is 0.333. The molecule has 0 N–H and O–H groups in total. The summed E-state index contributed by atoms with van der Waals surface area (Å²) < 4.78 is 10.9. The predicted octanol–water partition coefficient (Wildman–Crippen LogP) is 4.84. The maximum absolute atomic E-state index is 10.9. The third-order valence-electron chi connectivity index (χ3n) is 4.06. The largest absolute Gasteiger partial charge is 0.496 e. The van der Waals surface area contributed by atoms with E-state index in [-0.39, 0.29) is 22.7 Å². The Kier molecular flexibility index (Phi) is 5.37. The Morgan fingerprint density at radius 1 is 1.07 bits per heavy atom. The maximum atomic E-state index is 10.9. The second-order valence-electron chi connectivity index (χ2n) is 5.82. The van der Waals surface area contributed by atoms with Gasteiger partial charge in [0.15, 0.2) is 0 Å². The molecule has 0 aliphatic carbocycles. The third kappa shape index (κ3) is 4.12. The number of rotatable bonds is 6. The smallest absolute Gasteiger partial charge is 0.273 e. The molecule has 0 amide bonds. The molecule has 9 heteroatoms. The first-order chi connectivity index (χ1) is 13.9. The monoisotopic (exact) mass is 391 g/mol.